The molecule has 0 bridgehead atoms. The van der Waals surface area contributed by atoms with Crippen molar-refractivity contribution >= 4 is 0 Å². The molecular formula is C21H28O. The molecule has 118 valence electrons. The van der Waals surface area contributed by atoms with Gasteiger partial charge in [0.15, 0.2) is 0 Å². The van der Waals surface area contributed by atoms with E-state index < -0.39 is 0 Å². The van der Waals surface area contributed by atoms with Gasteiger partial charge in [-0.15, -0.1) is 0 Å². The third-order valence-corrected chi connectivity index (χ3v) is 3.81. The predicted octanol–water partition coefficient (Wildman–Crippen LogP) is 6.25. The van der Waals surface area contributed by atoms with Crippen molar-refractivity contribution < 1.29 is 4.74 Å². The number of allylic oxidation sites excluding steroid dienone is 6. The molecule has 0 aliphatic rings. The van der Waals surface area contributed by atoms with Gasteiger partial charge >= 0.3 is 0 Å². The Morgan fingerprint density at radius 2 is 1.91 bits per heavy atom. The quantitative estimate of drug-likeness (QED) is 0.427. The molecule has 1 aromatic rings. The Labute approximate surface area is 135 Å². The maximum atomic E-state index is 6.03. The van der Waals surface area contributed by atoms with Crippen LogP contribution in [0.25, 0.3) is 0 Å². The van der Waals surface area contributed by atoms with Crippen LogP contribution < -0.4 is 4.74 Å². The molecule has 0 N–H and O–H groups in total. The van der Waals surface area contributed by atoms with Crippen LogP contribution in [-0.2, 0) is 6.42 Å². The second kappa shape index (κ2) is 9.09. The van der Waals surface area contributed by atoms with Gasteiger partial charge < -0.3 is 4.74 Å². The Hall–Kier alpha value is -2.02. The van der Waals surface area contributed by atoms with Crippen LogP contribution in [-0.4, -0.2) is 0 Å². The number of rotatable bonds is 7. The van der Waals surface area contributed by atoms with Crippen LogP contribution >= 0.6 is 0 Å². The first kappa shape index (κ1) is 18.0. The van der Waals surface area contributed by atoms with Crippen molar-refractivity contribution in [2.45, 2.75) is 41.0 Å². The summed E-state index contributed by atoms with van der Waals surface area (Å²) in [4.78, 5) is 0. The van der Waals surface area contributed by atoms with Gasteiger partial charge in [-0.1, -0.05) is 68.5 Å². The smallest absolute Gasteiger partial charge is 0.130 e. The zero-order chi connectivity index (χ0) is 16.5. The predicted molar refractivity (Wildman–Crippen MR) is 97.1 cm³/mol. The molecule has 1 unspecified atom stereocenters. The second-order valence-corrected chi connectivity index (χ2v) is 5.41. The molecule has 0 aliphatic carbocycles. The summed E-state index contributed by atoms with van der Waals surface area (Å²) in [5.41, 5.74) is 3.57. The highest BCUT2D eigenvalue weighted by Gasteiger charge is 2.12. The Morgan fingerprint density at radius 1 is 1.23 bits per heavy atom. The minimum absolute atomic E-state index is 0.265. The van der Waals surface area contributed by atoms with Gasteiger partial charge in [-0.25, -0.2) is 0 Å². The Morgan fingerprint density at radius 3 is 2.50 bits per heavy atom. The molecule has 0 aliphatic heterocycles. The molecule has 0 saturated heterocycles. The van der Waals surface area contributed by atoms with Crippen LogP contribution in [0.5, 0.6) is 5.75 Å². The highest BCUT2D eigenvalue weighted by Crippen LogP contribution is 2.26. The lowest BCUT2D eigenvalue weighted by molar-refractivity contribution is 0.425. The summed E-state index contributed by atoms with van der Waals surface area (Å²) in [5.74, 6) is 1.88. The van der Waals surface area contributed by atoms with Gasteiger partial charge in [0.1, 0.15) is 11.5 Å². The maximum Gasteiger partial charge on any atom is 0.130 e. The van der Waals surface area contributed by atoms with E-state index >= 15 is 0 Å². The largest absolute Gasteiger partial charge is 0.457 e. The zero-order valence-electron chi connectivity index (χ0n) is 14.5. The molecule has 0 amide bonds. The van der Waals surface area contributed by atoms with Crippen molar-refractivity contribution in [1.29, 1.82) is 0 Å². The first-order chi connectivity index (χ1) is 10.5. The lowest BCUT2D eigenvalue weighted by Crippen LogP contribution is -2.05. The number of hydrogen-bond donors (Lipinski definition) is 0. The molecular weight excluding hydrogens is 268 g/mol. The molecule has 0 saturated carbocycles. The van der Waals surface area contributed by atoms with E-state index in [0.29, 0.717) is 0 Å². The summed E-state index contributed by atoms with van der Waals surface area (Å²) in [6.45, 7) is 14.6. The van der Waals surface area contributed by atoms with E-state index in [2.05, 4.69) is 57.7 Å². The van der Waals surface area contributed by atoms with Crippen LogP contribution in [0.1, 0.15) is 40.2 Å². The van der Waals surface area contributed by atoms with Gasteiger partial charge in [0.25, 0.3) is 0 Å². The first-order valence-electron chi connectivity index (χ1n) is 7.95. The van der Waals surface area contributed by atoms with E-state index in [1.54, 1.807) is 0 Å². The zero-order valence-corrected chi connectivity index (χ0v) is 14.5. The van der Waals surface area contributed by atoms with Crippen molar-refractivity contribution in [2.75, 3.05) is 0 Å². The summed E-state index contributed by atoms with van der Waals surface area (Å²) < 4.78 is 6.03. The number of para-hydroxylation sites is 1. The maximum absolute atomic E-state index is 6.03. The fourth-order valence-electron chi connectivity index (χ4n) is 2.26. The number of ether oxygens (including phenoxy) is 1. The summed E-state index contributed by atoms with van der Waals surface area (Å²) in [5, 5.41) is 0. The van der Waals surface area contributed by atoms with Gasteiger partial charge in [-0.2, -0.15) is 0 Å². The SMILES string of the molecule is C=C(Oc1ccccc1CC)/C(=C\C)C(C)/C=C\C(C)=C/C. The average Bonchev–Trinajstić information content (AvgIpc) is 2.53. The summed E-state index contributed by atoms with van der Waals surface area (Å²) in [6.07, 6.45) is 9.45. The molecule has 0 aromatic heterocycles. The fourth-order valence-corrected chi connectivity index (χ4v) is 2.26. The molecule has 1 rings (SSSR count). The monoisotopic (exact) mass is 296 g/mol. The van der Waals surface area contributed by atoms with Crippen LogP contribution in [0.3, 0.4) is 0 Å². The molecule has 0 heterocycles. The lowest BCUT2D eigenvalue weighted by Gasteiger charge is -2.17. The van der Waals surface area contributed by atoms with Crippen molar-refractivity contribution in [3.8, 4) is 5.75 Å². The standard InChI is InChI=1S/C21H28O/c1-7-16(4)14-15-17(5)20(9-3)18(6)22-21-13-11-10-12-19(21)8-2/h7,9-15,17H,6,8H2,1-5H3/b15-14-,16-7-,20-9-. The van der Waals surface area contributed by atoms with Crippen LogP contribution in [0.2, 0.25) is 0 Å². The highest BCUT2D eigenvalue weighted by molar-refractivity contribution is 5.38. The molecule has 0 spiro atoms. The van der Waals surface area contributed by atoms with E-state index in [1.807, 2.05) is 32.0 Å². The van der Waals surface area contributed by atoms with Gasteiger partial charge in [-0.05, 0) is 44.4 Å². The molecule has 0 radical (unpaired) electrons. The summed E-state index contributed by atoms with van der Waals surface area (Å²) in [6, 6.07) is 8.13. The van der Waals surface area contributed by atoms with Crippen molar-refractivity contribution in [1.82, 2.24) is 0 Å². The second-order valence-electron chi connectivity index (χ2n) is 5.41. The van der Waals surface area contributed by atoms with Gasteiger partial charge in [0, 0.05) is 5.92 Å². The van der Waals surface area contributed by atoms with Gasteiger partial charge in [0.05, 0.1) is 0 Å². The average molecular weight is 296 g/mol. The number of benzene rings is 1. The summed E-state index contributed by atoms with van der Waals surface area (Å²) >= 11 is 0. The van der Waals surface area contributed by atoms with Gasteiger partial charge in [-0.3, -0.25) is 0 Å². The van der Waals surface area contributed by atoms with Crippen LogP contribution in [0.15, 0.2) is 72.1 Å². The summed E-state index contributed by atoms with van der Waals surface area (Å²) in [7, 11) is 0. The minimum Gasteiger partial charge on any atom is -0.457 e. The van der Waals surface area contributed by atoms with Crippen molar-refractivity contribution in [2.24, 2.45) is 5.92 Å². The number of hydrogen-bond acceptors (Lipinski definition) is 1. The van der Waals surface area contributed by atoms with E-state index in [9.17, 15) is 0 Å². The lowest BCUT2D eigenvalue weighted by atomic mass is 9.98. The topological polar surface area (TPSA) is 9.23 Å². The van der Waals surface area contributed by atoms with Crippen molar-refractivity contribution in [3.63, 3.8) is 0 Å². The third-order valence-electron chi connectivity index (χ3n) is 3.81. The normalized spacial score (nSPS) is 14.2. The Balaban J connectivity index is 2.87. The first-order valence-corrected chi connectivity index (χ1v) is 7.95. The third kappa shape index (κ3) is 5.07. The Kier molecular flexibility index (Phi) is 7.45. The Bertz CT molecular complexity index is 588. The van der Waals surface area contributed by atoms with Gasteiger partial charge in [0.2, 0.25) is 0 Å². The van der Waals surface area contributed by atoms with Crippen molar-refractivity contribution in [3.05, 3.63) is 77.6 Å². The molecule has 22 heavy (non-hydrogen) atoms. The highest BCUT2D eigenvalue weighted by atomic mass is 16.5. The molecule has 1 heteroatoms. The number of aryl methyl sites for hydroxylation is 1. The minimum atomic E-state index is 0.265. The van der Waals surface area contributed by atoms with E-state index in [1.165, 1.54) is 11.1 Å². The molecule has 0 fully saturated rings. The molecule has 1 nitrogen and oxygen atoms in total. The van der Waals surface area contributed by atoms with E-state index in [4.69, 9.17) is 4.74 Å². The van der Waals surface area contributed by atoms with E-state index in [0.717, 1.165) is 23.5 Å². The van der Waals surface area contributed by atoms with Crippen LogP contribution in [0.4, 0.5) is 0 Å². The van der Waals surface area contributed by atoms with E-state index in [-0.39, 0.29) is 5.92 Å². The fraction of sp³-hybridized carbons (Fsp3) is 0.333. The van der Waals surface area contributed by atoms with Crippen LogP contribution in [0, 0.1) is 5.92 Å². The molecule has 1 atom stereocenters. The molecule has 1 aromatic carbocycles.